The number of rotatable bonds is 1. The normalized spacial score (nSPS) is 29.8. The molecule has 0 unspecified atom stereocenters. The van der Waals surface area contributed by atoms with E-state index in [-0.39, 0.29) is 0 Å². The third-order valence-corrected chi connectivity index (χ3v) is 4.65. The first-order chi connectivity index (χ1) is 8.40. The zero-order chi connectivity index (χ0) is 11.2. The Morgan fingerprint density at radius 2 is 1.94 bits per heavy atom. The van der Waals surface area contributed by atoms with Gasteiger partial charge in [0.2, 0.25) is 0 Å². The third kappa shape index (κ3) is 1.52. The molecule has 1 nitrogen and oxygen atoms in total. The van der Waals surface area contributed by atoms with Crippen molar-refractivity contribution < 1.29 is 4.74 Å². The van der Waals surface area contributed by atoms with Crippen LogP contribution in [0.1, 0.15) is 36.8 Å². The zero-order valence-electron chi connectivity index (χ0n) is 10.1. The molecule has 1 heterocycles. The van der Waals surface area contributed by atoms with Crippen LogP contribution in [0.2, 0.25) is 0 Å². The van der Waals surface area contributed by atoms with Crippen molar-refractivity contribution in [1.29, 1.82) is 0 Å². The summed E-state index contributed by atoms with van der Waals surface area (Å²) in [4.78, 5) is 0. The number of ether oxygens (including phenoxy) is 1. The Morgan fingerprint density at radius 3 is 2.71 bits per heavy atom. The van der Waals surface area contributed by atoms with Crippen LogP contribution in [-0.2, 0) is 6.42 Å². The van der Waals surface area contributed by atoms with E-state index < -0.39 is 0 Å². The van der Waals surface area contributed by atoms with Crippen molar-refractivity contribution in [2.24, 2.45) is 11.8 Å². The van der Waals surface area contributed by atoms with Crippen molar-refractivity contribution in [3.8, 4) is 5.75 Å². The smallest absolute Gasteiger partial charge is 0.122 e. The van der Waals surface area contributed by atoms with Gasteiger partial charge in [-0.15, -0.1) is 0 Å². The lowest BCUT2D eigenvalue weighted by atomic mass is 9.69. The minimum Gasteiger partial charge on any atom is -0.493 e. The monoisotopic (exact) mass is 226 g/mol. The number of fused-ring (bicyclic) bond motifs is 3. The average molecular weight is 226 g/mol. The maximum atomic E-state index is 5.58. The van der Waals surface area contributed by atoms with Gasteiger partial charge in [-0.05, 0) is 66.4 Å². The molecule has 1 saturated carbocycles. The van der Waals surface area contributed by atoms with Crippen LogP contribution in [0.4, 0.5) is 0 Å². The van der Waals surface area contributed by atoms with Crippen LogP contribution in [0.25, 0.3) is 5.57 Å². The quantitative estimate of drug-likeness (QED) is 0.707. The van der Waals surface area contributed by atoms with Crippen molar-refractivity contribution in [2.75, 3.05) is 6.61 Å². The Kier molecular flexibility index (Phi) is 2.08. The molecule has 0 spiro atoms. The summed E-state index contributed by atoms with van der Waals surface area (Å²) in [6, 6.07) is 6.80. The van der Waals surface area contributed by atoms with Gasteiger partial charge in [-0.25, -0.2) is 0 Å². The Morgan fingerprint density at radius 1 is 1.06 bits per heavy atom. The van der Waals surface area contributed by atoms with Gasteiger partial charge in [0.25, 0.3) is 0 Å². The predicted octanol–water partition coefficient (Wildman–Crippen LogP) is 3.82. The summed E-state index contributed by atoms with van der Waals surface area (Å²) in [5, 5.41) is 0. The van der Waals surface area contributed by atoms with Gasteiger partial charge in [0, 0.05) is 6.42 Å². The first-order valence-electron chi connectivity index (χ1n) is 6.88. The summed E-state index contributed by atoms with van der Waals surface area (Å²) in [5.41, 5.74) is 4.50. The fraction of sp³-hybridized carbons (Fsp3) is 0.500. The highest BCUT2D eigenvalue weighted by Crippen LogP contribution is 2.45. The minimum absolute atomic E-state index is 0.834. The van der Waals surface area contributed by atoms with Gasteiger partial charge < -0.3 is 4.74 Å². The lowest BCUT2D eigenvalue weighted by Gasteiger charge is -2.35. The van der Waals surface area contributed by atoms with Crippen LogP contribution in [0.15, 0.2) is 24.3 Å². The summed E-state index contributed by atoms with van der Waals surface area (Å²) in [6.07, 6.45) is 9.29. The first kappa shape index (κ1) is 9.76. The van der Waals surface area contributed by atoms with Gasteiger partial charge in [-0.3, -0.25) is 0 Å². The Labute approximate surface area is 102 Å². The Bertz CT molecular complexity index is 478. The Hall–Kier alpha value is -1.24. The first-order valence-corrected chi connectivity index (χ1v) is 6.88. The molecule has 0 N–H and O–H groups in total. The fourth-order valence-electron chi connectivity index (χ4n) is 3.68. The van der Waals surface area contributed by atoms with Crippen LogP contribution >= 0.6 is 0 Å². The molecule has 0 radical (unpaired) electrons. The molecule has 5 rings (SSSR count). The molecule has 1 aromatic carbocycles. The molecule has 0 amide bonds. The van der Waals surface area contributed by atoms with Gasteiger partial charge in [-0.1, -0.05) is 12.1 Å². The van der Waals surface area contributed by atoms with Crippen molar-refractivity contribution in [2.45, 2.75) is 32.1 Å². The molecule has 3 aliphatic carbocycles. The summed E-state index contributed by atoms with van der Waals surface area (Å²) >= 11 is 0. The Balaban J connectivity index is 1.75. The lowest BCUT2D eigenvalue weighted by Crippen LogP contribution is -2.21. The van der Waals surface area contributed by atoms with E-state index in [2.05, 4.69) is 24.3 Å². The van der Waals surface area contributed by atoms with Gasteiger partial charge >= 0.3 is 0 Å². The molecule has 1 heteroatoms. The molecule has 0 aromatic heterocycles. The van der Waals surface area contributed by atoms with E-state index in [0.29, 0.717) is 0 Å². The molecule has 1 fully saturated rings. The van der Waals surface area contributed by atoms with E-state index in [9.17, 15) is 0 Å². The van der Waals surface area contributed by atoms with Crippen LogP contribution < -0.4 is 4.74 Å². The topological polar surface area (TPSA) is 9.23 Å². The molecule has 1 aromatic rings. The molecule has 2 bridgehead atoms. The molecule has 17 heavy (non-hydrogen) atoms. The van der Waals surface area contributed by atoms with E-state index in [4.69, 9.17) is 4.74 Å². The molecule has 0 saturated heterocycles. The number of hydrogen-bond acceptors (Lipinski definition) is 1. The van der Waals surface area contributed by atoms with Gasteiger partial charge in [-0.2, -0.15) is 0 Å². The van der Waals surface area contributed by atoms with E-state index in [1.807, 2.05) is 0 Å². The number of benzene rings is 1. The maximum Gasteiger partial charge on any atom is 0.122 e. The highest BCUT2D eigenvalue weighted by molar-refractivity contribution is 5.70. The second kappa shape index (κ2) is 3.63. The van der Waals surface area contributed by atoms with Gasteiger partial charge in [0.15, 0.2) is 0 Å². The SMILES string of the molecule is C1=C(c2ccc3c(c2)CCO3)C2CCC1CC2. The van der Waals surface area contributed by atoms with Crippen LogP contribution in [0.3, 0.4) is 0 Å². The predicted molar refractivity (Wildman–Crippen MR) is 69.1 cm³/mol. The standard InChI is InChI=1S/C16H18O/c1-3-12-4-2-11(1)9-15(12)13-5-6-16-14(10-13)7-8-17-16/h5-6,9-12H,1-4,7-8H2. The number of allylic oxidation sites excluding steroid dienone is 2. The van der Waals surface area contributed by atoms with E-state index in [1.54, 1.807) is 5.57 Å². The molecular formula is C16H18O. The highest BCUT2D eigenvalue weighted by Gasteiger charge is 2.29. The molecular weight excluding hydrogens is 208 g/mol. The number of hydrogen-bond donors (Lipinski definition) is 0. The van der Waals surface area contributed by atoms with Crippen LogP contribution in [-0.4, -0.2) is 6.61 Å². The van der Waals surface area contributed by atoms with Gasteiger partial charge in [0.05, 0.1) is 6.61 Å². The van der Waals surface area contributed by atoms with Crippen LogP contribution in [0, 0.1) is 11.8 Å². The summed E-state index contributed by atoms with van der Waals surface area (Å²) in [7, 11) is 0. The average Bonchev–Trinajstić information content (AvgIpc) is 2.87. The van der Waals surface area contributed by atoms with Crippen molar-refractivity contribution in [1.82, 2.24) is 0 Å². The van der Waals surface area contributed by atoms with Crippen molar-refractivity contribution in [3.63, 3.8) is 0 Å². The third-order valence-electron chi connectivity index (χ3n) is 4.65. The second-order valence-corrected chi connectivity index (χ2v) is 5.65. The van der Waals surface area contributed by atoms with E-state index in [0.717, 1.165) is 30.6 Å². The van der Waals surface area contributed by atoms with Crippen molar-refractivity contribution in [3.05, 3.63) is 35.4 Å². The van der Waals surface area contributed by atoms with Crippen molar-refractivity contribution >= 4 is 5.57 Å². The molecule has 4 aliphatic rings. The largest absolute Gasteiger partial charge is 0.493 e. The van der Waals surface area contributed by atoms with Gasteiger partial charge in [0.1, 0.15) is 5.75 Å². The molecule has 88 valence electrons. The summed E-state index contributed by atoms with van der Waals surface area (Å²) < 4.78 is 5.58. The second-order valence-electron chi connectivity index (χ2n) is 5.65. The maximum absolute atomic E-state index is 5.58. The van der Waals surface area contributed by atoms with E-state index in [1.165, 1.54) is 36.8 Å². The molecule has 0 atom stereocenters. The summed E-state index contributed by atoms with van der Waals surface area (Å²) in [6.45, 7) is 0.865. The van der Waals surface area contributed by atoms with Crippen LogP contribution in [0.5, 0.6) is 5.75 Å². The fourth-order valence-corrected chi connectivity index (χ4v) is 3.68. The minimum atomic E-state index is 0.834. The highest BCUT2D eigenvalue weighted by atomic mass is 16.5. The lowest BCUT2D eigenvalue weighted by molar-refractivity contribution is 0.340. The van der Waals surface area contributed by atoms with E-state index >= 15 is 0 Å². The summed E-state index contributed by atoms with van der Waals surface area (Å²) in [5.74, 6) is 2.80. The zero-order valence-corrected chi connectivity index (χ0v) is 10.1. The molecule has 1 aliphatic heterocycles.